The van der Waals surface area contributed by atoms with E-state index in [4.69, 9.17) is 5.73 Å². The third-order valence-corrected chi connectivity index (χ3v) is 3.48. The molecule has 0 saturated carbocycles. The average Bonchev–Trinajstić information content (AvgIpc) is 2.48. The molecule has 5 heteroatoms. The Morgan fingerprint density at radius 1 is 1.30 bits per heavy atom. The van der Waals surface area contributed by atoms with E-state index in [2.05, 4.69) is 20.9 Å². The molecule has 0 aliphatic rings. The first kappa shape index (κ1) is 14.7. The number of hydrogen-bond donors (Lipinski definition) is 1. The molecular weight excluding hydrogens is 318 g/mol. The molecular formula is C15H16BrN3O. The van der Waals surface area contributed by atoms with Gasteiger partial charge >= 0.3 is 0 Å². The third kappa shape index (κ3) is 3.65. The van der Waals surface area contributed by atoms with E-state index in [-0.39, 0.29) is 5.91 Å². The van der Waals surface area contributed by atoms with E-state index in [1.165, 1.54) is 0 Å². The van der Waals surface area contributed by atoms with Crippen LogP contribution >= 0.6 is 15.9 Å². The van der Waals surface area contributed by atoms with E-state index < -0.39 is 0 Å². The molecule has 0 radical (unpaired) electrons. The normalized spacial score (nSPS) is 10.3. The Labute approximate surface area is 126 Å². The van der Waals surface area contributed by atoms with Crippen molar-refractivity contribution in [2.24, 2.45) is 5.73 Å². The number of hydrogen-bond acceptors (Lipinski definition) is 3. The molecule has 4 nitrogen and oxygen atoms in total. The Morgan fingerprint density at radius 2 is 2.00 bits per heavy atom. The van der Waals surface area contributed by atoms with Gasteiger partial charge in [-0.2, -0.15) is 0 Å². The first-order chi connectivity index (χ1) is 9.60. The summed E-state index contributed by atoms with van der Waals surface area (Å²) in [5, 5.41) is 0. The molecule has 1 aromatic carbocycles. The summed E-state index contributed by atoms with van der Waals surface area (Å²) in [4.78, 5) is 18.1. The minimum atomic E-state index is -0.0370. The summed E-state index contributed by atoms with van der Waals surface area (Å²) in [6, 6.07) is 11.4. The van der Waals surface area contributed by atoms with Gasteiger partial charge in [-0.15, -0.1) is 0 Å². The Morgan fingerprint density at radius 3 is 2.65 bits per heavy atom. The van der Waals surface area contributed by atoms with Gasteiger partial charge < -0.3 is 10.6 Å². The smallest absolute Gasteiger partial charge is 0.254 e. The Hall–Kier alpha value is -1.72. The van der Waals surface area contributed by atoms with Crippen LogP contribution in [-0.2, 0) is 13.1 Å². The first-order valence-corrected chi connectivity index (χ1v) is 7.04. The van der Waals surface area contributed by atoms with Gasteiger partial charge in [0.1, 0.15) is 0 Å². The molecule has 0 fully saturated rings. The van der Waals surface area contributed by atoms with Gasteiger partial charge in [-0.05, 0) is 29.8 Å². The van der Waals surface area contributed by atoms with E-state index in [0.717, 1.165) is 10.0 Å². The molecule has 0 bridgehead atoms. The van der Waals surface area contributed by atoms with Gasteiger partial charge in [0.25, 0.3) is 5.91 Å². The molecule has 0 spiro atoms. The highest BCUT2D eigenvalue weighted by Gasteiger charge is 2.12. The maximum absolute atomic E-state index is 12.3. The van der Waals surface area contributed by atoms with E-state index in [9.17, 15) is 4.79 Å². The molecule has 2 aromatic rings. The van der Waals surface area contributed by atoms with Gasteiger partial charge in [0.05, 0.1) is 5.69 Å². The second kappa shape index (κ2) is 6.63. The predicted octanol–water partition coefficient (Wildman–Crippen LogP) is 2.58. The molecule has 0 unspecified atom stereocenters. The zero-order chi connectivity index (χ0) is 14.5. The van der Waals surface area contributed by atoms with Crippen molar-refractivity contribution in [2.45, 2.75) is 13.1 Å². The number of carbonyl (C=O) groups excluding carboxylic acids is 1. The van der Waals surface area contributed by atoms with Crippen molar-refractivity contribution in [3.05, 3.63) is 63.9 Å². The van der Waals surface area contributed by atoms with Gasteiger partial charge in [-0.3, -0.25) is 9.78 Å². The molecule has 0 aliphatic carbocycles. The fourth-order valence-electron chi connectivity index (χ4n) is 1.88. The number of amides is 1. The molecule has 1 aromatic heterocycles. The summed E-state index contributed by atoms with van der Waals surface area (Å²) in [5.41, 5.74) is 7.95. The van der Waals surface area contributed by atoms with Crippen LogP contribution in [0.25, 0.3) is 0 Å². The molecule has 0 saturated heterocycles. The van der Waals surface area contributed by atoms with Crippen LogP contribution in [0.15, 0.2) is 47.1 Å². The lowest BCUT2D eigenvalue weighted by molar-refractivity contribution is 0.0785. The van der Waals surface area contributed by atoms with Crippen LogP contribution in [0.3, 0.4) is 0 Å². The van der Waals surface area contributed by atoms with Gasteiger partial charge in [0.15, 0.2) is 0 Å². The molecule has 1 amide bonds. The number of pyridine rings is 1. The number of aromatic nitrogens is 1. The second-order valence-electron chi connectivity index (χ2n) is 4.53. The molecule has 2 rings (SSSR count). The molecule has 0 aliphatic heterocycles. The summed E-state index contributed by atoms with van der Waals surface area (Å²) in [6.07, 6.45) is 1.61. The van der Waals surface area contributed by atoms with Gasteiger partial charge in [0.2, 0.25) is 0 Å². The van der Waals surface area contributed by atoms with E-state index in [1.54, 1.807) is 30.3 Å². The maximum atomic E-state index is 12.3. The summed E-state index contributed by atoms with van der Waals surface area (Å²) in [6.45, 7) is 0.893. The van der Waals surface area contributed by atoms with Crippen LogP contribution in [0.1, 0.15) is 21.6 Å². The number of nitrogens with two attached hydrogens (primary N) is 1. The number of benzene rings is 1. The van der Waals surface area contributed by atoms with Crippen LogP contribution in [-0.4, -0.2) is 22.8 Å². The van der Waals surface area contributed by atoms with Crippen molar-refractivity contribution < 1.29 is 4.79 Å². The largest absolute Gasteiger partial charge is 0.337 e. The summed E-state index contributed by atoms with van der Waals surface area (Å²) in [7, 11) is 1.78. The zero-order valence-corrected chi connectivity index (χ0v) is 12.8. The number of rotatable bonds is 4. The molecule has 2 N–H and O–H groups in total. The van der Waals surface area contributed by atoms with Crippen molar-refractivity contribution in [2.75, 3.05) is 7.05 Å². The fraction of sp³-hybridized carbons (Fsp3) is 0.200. The van der Waals surface area contributed by atoms with Crippen LogP contribution in [0.2, 0.25) is 0 Å². The lowest BCUT2D eigenvalue weighted by Gasteiger charge is -2.17. The molecule has 104 valence electrons. The Bertz CT molecular complexity index is 598. The lowest BCUT2D eigenvalue weighted by Crippen LogP contribution is -2.26. The van der Waals surface area contributed by atoms with E-state index in [1.807, 2.05) is 24.3 Å². The SMILES string of the molecule is CN(Cc1ccc(Br)cc1)C(=O)c1ccnc(CN)c1. The number of nitrogens with zero attached hydrogens (tertiary/aromatic N) is 2. The van der Waals surface area contributed by atoms with Crippen molar-refractivity contribution in [3.8, 4) is 0 Å². The first-order valence-electron chi connectivity index (χ1n) is 6.25. The van der Waals surface area contributed by atoms with Crippen molar-refractivity contribution in [1.29, 1.82) is 0 Å². The monoisotopic (exact) mass is 333 g/mol. The quantitative estimate of drug-likeness (QED) is 0.935. The van der Waals surface area contributed by atoms with Crippen molar-refractivity contribution >= 4 is 21.8 Å². The van der Waals surface area contributed by atoms with E-state index >= 15 is 0 Å². The standard InChI is InChI=1S/C15H16BrN3O/c1-19(10-11-2-4-13(16)5-3-11)15(20)12-6-7-18-14(8-12)9-17/h2-8H,9-10,17H2,1H3. The Kier molecular flexibility index (Phi) is 4.87. The minimum Gasteiger partial charge on any atom is -0.337 e. The number of halogens is 1. The highest BCUT2D eigenvalue weighted by Crippen LogP contribution is 2.13. The van der Waals surface area contributed by atoms with Gasteiger partial charge in [0, 0.05) is 36.4 Å². The Balaban J connectivity index is 2.09. The fourth-order valence-corrected chi connectivity index (χ4v) is 2.14. The second-order valence-corrected chi connectivity index (χ2v) is 5.44. The van der Waals surface area contributed by atoms with Crippen LogP contribution in [0, 0.1) is 0 Å². The average molecular weight is 334 g/mol. The predicted molar refractivity (Wildman–Crippen MR) is 82.1 cm³/mol. The molecule has 0 atom stereocenters. The third-order valence-electron chi connectivity index (χ3n) is 2.95. The maximum Gasteiger partial charge on any atom is 0.254 e. The van der Waals surface area contributed by atoms with E-state index in [0.29, 0.717) is 24.3 Å². The molecule has 20 heavy (non-hydrogen) atoms. The van der Waals surface area contributed by atoms with Crippen molar-refractivity contribution in [3.63, 3.8) is 0 Å². The highest BCUT2D eigenvalue weighted by molar-refractivity contribution is 9.10. The summed E-state index contributed by atoms with van der Waals surface area (Å²) >= 11 is 3.39. The van der Waals surface area contributed by atoms with Crippen molar-refractivity contribution in [1.82, 2.24) is 9.88 Å². The lowest BCUT2D eigenvalue weighted by atomic mass is 10.1. The highest BCUT2D eigenvalue weighted by atomic mass is 79.9. The van der Waals surface area contributed by atoms with Gasteiger partial charge in [-0.1, -0.05) is 28.1 Å². The molecule has 1 heterocycles. The zero-order valence-electron chi connectivity index (χ0n) is 11.2. The van der Waals surface area contributed by atoms with Crippen LogP contribution < -0.4 is 5.73 Å². The number of carbonyl (C=O) groups is 1. The van der Waals surface area contributed by atoms with Crippen LogP contribution in [0.4, 0.5) is 0 Å². The summed E-state index contributed by atoms with van der Waals surface area (Å²) in [5.74, 6) is -0.0370. The minimum absolute atomic E-state index is 0.0370. The topological polar surface area (TPSA) is 59.2 Å². The van der Waals surface area contributed by atoms with Crippen LogP contribution in [0.5, 0.6) is 0 Å². The van der Waals surface area contributed by atoms with Gasteiger partial charge in [-0.25, -0.2) is 0 Å². The summed E-state index contributed by atoms with van der Waals surface area (Å²) < 4.78 is 1.02.